The van der Waals surface area contributed by atoms with Gasteiger partial charge in [-0.05, 0) is 53.2 Å². The first-order valence-corrected chi connectivity index (χ1v) is 8.32. The second-order valence-electron chi connectivity index (χ2n) is 5.70. The molecule has 2 aromatic heterocycles. The van der Waals surface area contributed by atoms with E-state index in [9.17, 15) is 9.59 Å². The minimum Gasteiger partial charge on any atom is -0.355 e. The lowest BCUT2D eigenvalue weighted by Gasteiger charge is -2.10. The number of ketones is 2. The van der Waals surface area contributed by atoms with Crippen molar-refractivity contribution in [3.63, 3.8) is 0 Å². The quantitative estimate of drug-likeness (QED) is 0.514. The molecular weight excluding hydrogens is 310 g/mol. The highest BCUT2D eigenvalue weighted by atomic mass is 32.2. The summed E-state index contributed by atoms with van der Waals surface area (Å²) in [6.07, 6.45) is 0. The van der Waals surface area contributed by atoms with Crippen molar-refractivity contribution in [1.82, 2.24) is 15.0 Å². The molecule has 0 saturated heterocycles. The molecule has 0 fully saturated rings. The molecule has 0 bridgehead atoms. The summed E-state index contributed by atoms with van der Waals surface area (Å²) in [7, 11) is 0. The van der Waals surface area contributed by atoms with Crippen molar-refractivity contribution in [2.75, 3.05) is 0 Å². The second-order valence-corrected chi connectivity index (χ2v) is 7.06. The van der Waals surface area contributed by atoms with Gasteiger partial charge in [-0.15, -0.1) is 0 Å². The van der Waals surface area contributed by atoms with Crippen molar-refractivity contribution in [1.29, 1.82) is 0 Å². The number of rotatable bonds is 5. The number of carbonyl (C=O) groups excluding carboxylic acids is 2. The molecule has 0 saturated carbocycles. The second kappa shape index (κ2) is 6.66. The van der Waals surface area contributed by atoms with Crippen LogP contribution in [0.5, 0.6) is 0 Å². The number of thioether (sulfide) groups is 1. The van der Waals surface area contributed by atoms with Gasteiger partial charge < -0.3 is 4.98 Å². The predicted molar refractivity (Wildman–Crippen MR) is 91.4 cm³/mol. The summed E-state index contributed by atoms with van der Waals surface area (Å²) in [5.74, 6) is 0.632. The maximum atomic E-state index is 12.7. The minimum atomic E-state index is -0.305. The highest BCUT2D eigenvalue weighted by Gasteiger charge is 2.24. The Morgan fingerprint density at radius 3 is 2.35 bits per heavy atom. The van der Waals surface area contributed by atoms with Gasteiger partial charge in [-0.2, -0.15) is 0 Å². The van der Waals surface area contributed by atoms with E-state index in [0.717, 1.165) is 22.0 Å². The third-order valence-electron chi connectivity index (χ3n) is 3.65. The van der Waals surface area contributed by atoms with Gasteiger partial charge in [0.25, 0.3) is 0 Å². The Kier molecular flexibility index (Phi) is 5.04. The number of hydrogen-bond acceptors (Lipinski definition) is 5. The Bertz CT molecular complexity index is 760. The van der Waals surface area contributed by atoms with Crippen LogP contribution in [0.4, 0.5) is 0 Å². The van der Waals surface area contributed by atoms with Gasteiger partial charge >= 0.3 is 0 Å². The van der Waals surface area contributed by atoms with Gasteiger partial charge in [-0.3, -0.25) is 9.59 Å². The standard InChI is InChI=1S/C17H21N3O2S/c1-8-7-14(20-13(6)18-8)23-12(5)17(22)16-9(2)15(11(4)21)10(3)19-16/h7,12,19H,1-6H3/t12-/m1/s1. The molecule has 2 aromatic rings. The Balaban J connectivity index is 2.26. The zero-order valence-electron chi connectivity index (χ0n) is 14.3. The molecule has 0 aromatic carbocycles. The fourth-order valence-corrected chi connectivity index (χ4v) is 3.72. The lowest BCUT2D eigenvalue weighted by Crippen LogP contribution is -2.15. The summed E-state index contributed by atoms with van der Waals surface area (Å²) in [4.78, 5) is 36.1. The van der Waals surface area contributed by atoms with Gasteiger partial charge in [0.2, 0.25) is 0 Å². The van der Waals surface area contributed by atoms with Crippen LogP contribution in [0, 0.1) is 27.7 Å². The minimum absolute atomic E-state index is 0.0299. The van der Waals surface area contributed by atoms with Crippen LogP contribution >= 0.6 is 11.8 Å². The summed E-state index contributed by atoms with van der Waals surface area (Å²) < 4.78 is 0. The SMILES string of the molecule is CC(=O)c1c(C)[nH]c(C(=O)[C@@H](C)Sc2cc(C)nc(C)n2)c1C. The van der Waals surface area contributed by atoms with Gasteiger partial charge in [-0.25, -0.2) is 9.97 Å². The molecule has 0 spiro atoms. The van der Waals surface area contributed by atoms with Crippen LogP contribution in [0.1, 0.15) is 57.5 Å². The molecule has 2 heterocycles. The molecule has 2 rings (SSSR count). The van der Waals surface area contributed by atoms with E-state index in [1.807, 2.05) is 40.7 Å². The number of nitrogens with one attached hydrogen (secondary N) is 1. The summed E-state index contributed by atoms with van der Waals surface area (Å²) in [5.41, 5.74) is 3.46. The van der Waals surface area contributed by atoms with Gasteiger partial charge in [0.1, 0.15) is 10.9 Å². The van der Waals surface area contributed by atoms with Crippen LogP contribution in [0.25, 0.3) is 0 Å². The Morgan fingerprint density at radius 2 is 1.83 bits per heavy atom. The third-order valence-corrected chi connectivity index (χ3v) is 4.66. The van der Waals surface area contributed by atoms with Crippen molar-refractivity contribution in [2.45, 2.75) is 51.8 Å². The normalized spacial score (nSPS) is 12.3. The first kappa shape index (κ1) is 17.4. The number of aromatic amines is 1. The number of hydrogen-bond donors (Lipinski definition) is 1. The molecule has 0 aliphatic carbocycles. The highest BCUT2D eigenvalue weighted by Crippen LogP contribution is 2.27. The largest absolute Gasteiger partial charge is 0.355 e. The number of Topliss-reactive ketones (excluding diaryl/α,β-unsaturated/α-hetero) is 2. The van der Waals surface area contributed by atoms with Crippen molar-refractivity contribution >= 4 is 23.3 Å². The number of H-pyrrole nitrogens is 1. The predicted octanol–water partition coefficient (Wildman–Crippen LogP) is 3.60. The van der Waals surface area contributed by atoms with E-state index in [4.69, 9.17) is 0 Å². The van der Waals surface area contributed by atoms with Crippen LogP contribution in [-0.2, 0) is 0 Å². The monoisotopic (exact) mass is 331 g/mol. The summed E-state index contributed by atoms with van der Waals surface area (Å²) >= 11 is 1.40. The molecule has 122 valence electrons. The Hall–Kier alpha value is -1.95. The number of aromatic nitrogens is 3. The summed E-state index contributed by atoms with van der Waals surface area (Å²) in [6.45, 7) is 10.7. The van der Waals surface area contributed by atoms with Crippen LogP contribution < -0.4 is 0 Å². The van der Waals surface area contributed by atoms with E-state index in [2.05, 4.69) is 15.0 Å². The average Bonchev–Trinajstić information content (AvgIpc) is 2.71. The number of aryl methyl sites for hydroxylation is 3. The third kappa shape index (κ3) is 3.69. The van der Waals surface area contributed by atoms with Crippen molar-refractivity contribution in [3.8, 4) is 0 Å². The van der Waals surface area contributed by atoms with E-state index >= 15 is 0 Å². The fourth-order valence-electron chi connectivity index (χ4n) is 2.71. The smallest absolute Gasteiger partial charge is 0.192 e. The van der Waals surface area contributed by atoms with Crippen LogP contribution in [0.2, 0.25) is 0 Å². The molecule has 23 heavy (non-hydrogen) atoms. The molecular formula is C17H21N3O2S. The van der Waals surface area contributed by atoms with Crippen LogP contribution in [0.15, 0.2) is 11.1 Å². The van der Waals surface area contributed by atoms with Gasteiger partial charge in [0.15, 0.2) is 11.6 Å². The molecule has 0 aliphatic rings. The molecule has 6 heteroatoms. The Labute approximate surface area is 140 Å². The Morgan fingerprint density at radius 1 is 1.17 bits per heavy atom. The number of nitrogens with zero attached hydrogens (tertiary/aromatic N) is 2. The fraction of sp³-hybridized carbons (Fsp3) is 0.412. The van der Waals surface area contributed by atoms with E-state index in [0.29, 0.717) is 17.1 Å². The van der Waals surface area contributed by atoms with Crippen molar-refractivity contribution < 1.29 is 9.59 Å². The van der Waals surface area contributed by atoms with E-state index in [-0.39, 0.29) is 16.8 Å². The summed E-state index contributed by atoms with van der Waals surface area (Å²) in [6, 6.07) is 1.87. The summed E-state index contributed by atoms with van der Waals surface area (Å²) in [5, 5.41) is 0.476. The van der Waals surface area contributed by atoms with Crippen molar-refractivity contribution in [3.05, 3.63) is 40.1 Å². The molecule has 5 nitrogen and oxygen atoms in total. The first-order chi connectivity index (χ1) is 10.7. The van der Waals surface area contributed by atoms with E-state index in [1.54, 1.807) is 0 Å². The molecule has 1 atom stereocenters. The zero-order valence-corrected chi connectivity index (χ0v) is 15.1. The first-order valence-electron chi connectivity index (χ1n) is 7.44. The topological polar surface area (TPSA) is 75.7 Å². The number of carbonyl (C=O) groups is 2. The molecule has 0 unspecified atom stereocenters. The molecule has 0 aliphatic heterocycles. The van der Waals surface area contributed by atoms with Crippen LogP contribution in [-0.4, -0.2) is 31.8 Å². The lowest BCUT2D eigenvalue weighted by atomic mass is 10.0. The molecule has 1 N–H and O–H groups in total. The molecule has 0 amide bonds. The van der Waals surface area contributed by atoms with E-state index in [1.165, 1.54) is 18.7 Å². The van der Waals surface area contributed by atoms with Gasteiger partial charge in [0.05, 0.1) is 10.9 Å². The average molecular weight is 331 g/mol. The maximum Gasteiger partial charge on any atom is 0.192 e. The maximum absolute atomic E-state index is 12.7. The van der Waals surface area contributed by atoms with Crippen LogP contribution in [0.3, 0.4) is 0 Å². The van der Waals surface area contributed by atoms with E-state index < -0.39 is 0 Å². The highest BCUT2D eigenvalue weighted by molar-refractivity contribution is 8.00. The lowest BCUT2D eigenvalue weighted by molar-refractivity contribution is 0.0988. The zero-order chi connectivity index (χ0) is 17.3. The van der Waals surface area contributed by atoms with Gasteiger partial charge in [0, 0.05) is 17.0 Å². The molecule has 0 radical (unpaired) electrons. The van der Waals surface area contributed by atoms with Crippen molar-refractivity contribution in [2.24, 2.45) is 0 Å². The van der Waals surface area contributed by atoms with Gasteiger partial charge in [-0.1, -0.05) is 11.8 Å².